The van der Waals surface area contributed by atoms with Crippen molar-refractivity contribution < 1.29 is 33.0 Å². The molecule has 1 aromatic carbocycles. The summed E-state index contributed by atoms with van der Waals surface area (Å²) in [4.78, 5) is 23.8. The molecule has 1 heterocycles. The minimum absolute atomic E-state index is 0.00487. The third kappa shape index (κ3) is 3.93. The molecule has 2 N–H and O–H groups in total. The van der Waals surface area contributed by atoms with Gasteiger partial charge in [-0.2, -0.15) is 0 Å². The maximum atomic E-state index is 12.3. The third-order valence-electron chi connectivity index (χ3n) is 3.88. The van der Waals surface area contributed by atoms with Crippen molar-refractivity contribution in [1.29, 1.82) is 0 Å². The van der Waals surface area contributed by atoms with Crippen molar-refractivity contribution in [3.05, 3.63) is 40.5 Å². The number of carboxylic acid groups (broad SMARTS) is 1. The van der Waals surface area contributed by atoms with Gasteiger partial charge in [-0.15, -0.1) is 0 Å². The van der Waals surface area contributed by atoms with E-state index in [1.54, 1.807) is 24.3 Å². The Morgan fingerprint density at radius 2 is 1.88 bits per heavy atom. The fourth-order valence-corrected chi connectivity index (χ4v) is 3.86. The van der Waals surface area contributed by atoms with Crippen molar-refractivity contribution in [2.75, 3.05) is 19.9 Å². The summed E-state index contributed by atoms with van der Waals surface area (Å²) in [7, 11) is -2.37. The Labute approximate surface area is 145 Å². The van der Waals surface area contributed by atoms with E-state index in [9.17, 15) is 23.1 Å². The molecule has 0 aromatic heterocycles. The van der Waals surface area contributed by atoms with Crippen LogP contribution >= 0.6 is 0 Å². The van der Waals surface area contributed by atoms with E-state index in [-0.39, 0.29) is 24.3 Å². The molecule has 0 fully saturated rings. The molecule has 2 rings (SSSR count). The van der Waals surface area contributed by atoms with Crippen LogP contribution in [0.1, 0.15) is 24.4 Å². The molecule has 0 aliphatic carbocycles. The highest BCUT2D eigenvalue weighted by Gasteiger charge is 2.44. The molecule has 0 bridgehead atoms. The number of hydrogen-bond acceptors (Lipinski definition) is 6. The van der Waals surface area contributed by atoms with E-state index in [0.717, 1.165) is 6.26 Å². The minimum atomic E-state index is -3.85. The number of hydrogen-bond donors (Lipinski definition) is 2. The van der Waals surface area contributed by atoms with Crippen LogP contribution in [0.25, 0.3) is 0 Å². The summed E-state index contributed by atoms with van der Waals surface area (Å²) in [6.07, 6.45) is 0.884. The van der Waals surface area contributed by atoms with Crippen molar-refractivity contribution in [2.24, 2.45) is 0 Å². The first-order chi connectivity index (χ1) is 11.7. The zero-order valence-corrected chi connectivity index (χ0v) is 14.6. The molecule has 136 valence electrons. The standard InChI is InChI=1S/C16H19NO7S/c1-24-11-7-5-10(6-8-11)13-15(25(2,22)23)14(20)16(21)17(13)9-3-4-12(18)19/h5-8,13,20H,3-4,9H2,1-2H3,(H,18,19)/t13-/m1/s1. The highest BCUT2D eigenvalue weighted by Crippen LogP contribution is 2.40. The number of carboxylic acids is 1. The number of benzene rings is 1. The number of aliphatic hydroxyl groups excluding tert-OH is 1. The van der Waals surface area contributed by atoms with Crippen LogP contribution in [0.3, 0.4) is 0 Å². The van der Waals surface area contributed by atoms with Crippen LogP contribution in [0.15, 0.2) is 34.9 Å². The zero-order valence-electron chi connectivity index (χ0n) is 13.8. The van der Waals surface area contributed by atoms with Crippen molar-refractivity contribution >= 4 is 21.7 Å². The first kappa shape index (κ1) is 18.8. The number of sulfone groups is 1. The first-order valence-electron chi connectivity index (χ1n) is 7.46. The average molecular weight is 369 g/mol. The monoisotopic (exact) mass is 369 g/mol. The molecule has 8 nitrogen and oxygen atoms in total. The molecular formula is C16H19NO7S. The number of ether oxygens (including phenoxy) is 1. The smallest absolute Gasteiger partial charge is 0.303 e. The Hall–Kier alpha value is -2.55. The van der Waals surface area contributed by atoms with Crippen molar-refractivity contribution in [2.45, 2.75) is 18.9 Å². The molecule has 0 saturated heterocycles. The topological polar surface area (TPSA) is 121 Å². The summed E-state index contributed by atoms with van der Waals surface area (Å²) in [5, 5.41) is 18.8. The highest BCUT2D eigenvalue weighted by molar-refractivity contribution is 7.94. The normalized spacial score (nSPS) is 17.9. The summed E-state index contributed by atoms with van der Waals surface area (Å²) in [5.74, 6) is -2.11. The molecule has 1 aliphatic rings. The van der Waals surface area contributed by atoms with E-state index < -0.39 is 33.5 Å². The molecule has 1 amide bonds. The van der Waals surface area contributed by atoms with Crippen LogP contribution in [-0.2, 0) is 19.4 Å². The Morgan fingerprint density at radius 1 is 1.28 bits per heavy atom. The molecule has 1 aromatic rings. The van der Waals surface area contributed by atoms with Gasteiger partial charge in [0, 0.05) is 19.2 Å². The maximum Gasteiger partial charge on any atom is 0.303 e. The van der Waals surface area contributed by atoms with Gasteiger partial charge in [-0.3, -0.25) is 9.59 Å². The Bertz CT molecular complexity index is 811. The Balaban J connectivity index is 2.44. The third-order valence-corrected chi connectivity index (χ3v) is 5.09. The van der Waals surface area contributed by atoms with Gasteiger partial charge in [0.05, 0.1) is 13.2 Å². The van der Waals surface area contributed by atoms with E-state index in [1.165, 1.54) is 12.0 Å². The number of methoxy groups -OCH3 is 1. The second-order valence-electron chi connectivity index (χ2n) is 5.66. The van der Waals surface area contributed by atoms with Gasteiger partial charge < -0.3 is 19.8 Å². The van der Waals surface area contributed by atoms with Gasteiger partial charge in [-0.25, -0.2) is 8.42 Å². The summed E-state index contributed by atoms with van der Waals surface area (Å²) in [5.41, 5.74) is 0.481. The van der Waals surface area contributed by atoms with Crippen molar-refractivity contribution in [3.8, 4) is 5.75 Å². The van der Waals surface area contributed by atoms with Gasteiger partial charge in [-0.1, -0.05) is 12.1 Å². The SMILES string of the molecule is COc1ccc([C@@H]2C(S(C)(=O)=O)=C(O)C(=O)N2CCCC(=O)O)cc1. The molecule has 0 spiro atoms. The Kier molecular flexibility index (Phi) is 5.36. The summed E-state index contributed by atoms with van der Waals surface area (Å²) >= 11 is 0. The van der Waals surface area contributed by atoms with E-state index in [2.05, 4.69) is 0 Å². The summed E-state index contributed by atoms with van der Waals surface area (Å²) < 4.78 is 29.3. The van der Waals surface area contributed by atoms with Crippen LogP contribution in [0.5, 0.6) is 5.75 Å². The fourth-order valence-electron chi connectivity index (χ4n) is 2.76. The van der Waals surface area contributed by atoms with Gasteiger partial charge in [-0.05, 0) is 24.1 Å². The van der Waals surface area contributed by atoms with Crippen LogP contribution in [0.2, 0.25) is 0 Å². The van der Waals surface area contributed by atoms with Crippen LogP contribution in [-0.4, -0.2) is 55.3 Å². The number of rotatable bonds is 7. The number of amides is 1. The number of nitrogens with zero attached hydrogens (tertiary/aromatic N) is 1. The van der Waals surface area contributed by atoms with Crippen LogP contribution in [0, 0.1) is 0 Å². The van der Waals surface area contributed by atoms with Crippen molar-refractivity contribution in [3.63, 3.8) is 0 Å². The van der Waals surface area contributed by atoms with Gasteiger partial charge in [0.2, 0.25) is 0 Å². The average Bonchev–Trinajstić information content (AvgIpc) is 2.79. The minimum Gasteiger partial charge on any atom is -0.502 e. The molecule has 0 unspecified atom stereocenters. The molecule has 1 aliphatic heterocycles. The number of carbonyl (C=O) groups is 2. The molecule has 1 atom stereocenters. The molecule has 0 radical (unpaired) electrons. The number of aliphatic carboxylic acids is 1. The second kappa shape index (κ2) is 7.14. The van der Waals surface area contributed by atoms with E-state index in [4.69, 9.17) is 9.84 Å². The second-order valence-corrected chi connectivity index (χ2v) is 7.64. The highest BCUT2D eigenvalue weighted by atomic mass is 32.2. The van der Waals surface area contributed by atoms with Gasteiger partial charge in [0.25, 0.3) is 5.91 Å². The summed E-state index contributed by atoms with van der Waals surface area (Å²) in [6.45, 7) is 0.00487. The maximum absolute atomic E-state index is 12.3. The molecule has 9 heteroatoms. The predicted molar refractivity (Wildman–Crippen MR) is 88.8 cm³/mol. The van der Waals surface area contributed by atoms with Crippen LogP contribution < -0.4 is 4.74 Å². The summed E-state index contributed by atoms with van der Waals surface area (Å²) in [6, 6.07) is 5.44. The quantitative estimate of drug-likeness (QED) is 0.742. The lowest BCUT2D eigenvalue weighted by atomic mass is 10.1. The number of carbonyl (C=O) groups excluding carboxylic acids is 1. The van der Waals surface area contributed by atoms with Gasteiger partial charge in [0.15, 0.2) is 15.6 Å². The van der Waals surface area contributed by atoms with E-state index >= 15 is 0 Å². The Morgan fingerprint density at radius 3 is 2.36 bits per heavy atom. The molecule has 0 saturated carbocycles. The first-order valence-corrected chi connectivity index (χ1v) is 9.36. The van der Waals surface area contributed by atoms with Gasteiger partial charge in [0.1, 0.15) is 10.7 Å². The van der Waals surface area contributed by atoms with E-state index in [1.807, 2.05) is 0 Å². The van der Waals surface area contributed by atoms with Crippen molar-refractivity contribution in [1.82, 2.24) is 4.90 Å². The largest absolute Gasteiger partial charge is 0.502 e. The fraction of sp³-hybridized carbons (Fsp3) is 0.375. The number of aliphatic hydroxyl groups is 1. The molecule has 25 heavy (non-hydrogen) atoms. The lowest BCUT2D eigenvalue weighted by Crippen LogP contribution is -2.32. The van der Waals surface area contributed by atoms with Gasteiger partial charge >= 0.3 is 5.97 Å². The van der Waals surface area contributed by atoms with E-state index in [0.29, 0.717) is 11.3 Å². The lowest BCUT2D eigenvalue weighted by molar-refractivity contribution is -0.138. The lowest BCUT2D eigenvalue weighted by Gasteiger charge is -2.26. The molecular weight excluding hydrogens is 350 g/mol. The van der Waals surface area contributed by atoms with Crippen LogP contribution in [0.4, 0.5) is 0 Å². The zero-order chi connectivity index (χ0) is 18.8. The predicted octanol–water partition coefficient (Wildman–Crippen LogP) is 1.26.